The zero-order valence-electron chi connectivity index (χ0n) is 13.5. The second-order valence-electron chi connectivity index (χ2n) is 5.64. The highest BCUT2D eigenvalue weighted by Crippen LogP contribution is 2.43. The molecular weight excluding hydrogens is 356 g/mol. The number of alkyl halides is 1. The zero-order valence-corrected chi connectivity index (χ0v) is 14.4. The Morgan fingerprint density at radius 3 is 3.00 bits per heavy atom. The smallest absolute Gasteiger partial charge is 0.327 e. The van der Waals surface area contributed by atoms with Crippen LogP contribution in [0.3, 0.4) is 0 Å². The maximum atomic E-state index is 15.1. The van der Waals surface area contributed by atoms with Gasteiger partial charge in [-0.05, 0) is 13.8 Å². The van der Waals surface area contributed by atoms with Gasteiger partial charge in [-0.25, -0.2) is 13.9 Å². The van der Waals surface area contributed by atoms with Crippen LogP contribution in [0.5, 0.6) is 5.88 Å². The maximum Gasteiger partial charge on any atom is 0.327 e. The van der Waals surface area contributed by atoms with Crippen molar-refractivity contribution in [2.24, 2.45) is 0 Å². The Morgan fingerprint density at radius 2 is 2.32 bits per heavy atom. The Kier molecular flexibility index (Phi) is 4.83. The number of fused-ring (bicyclic) bond motifs is 1. The SMILES string of the molecule is CCOc1nc(N)nc2c1ncn2C1OC(COP=O)C(O)C1(C)F. The van der Waals surface area contributed by atoms with Crippen LogP contribution in [0.15, 0.2) is 6.33 Å². The Balaban J connectivity index is 2.02. The van der Waals surface area contributed by atoms with E-state index in [9.17, 15) is 9.67 Å². The number of imidazole rings is 1. The van der Waals surface area contributed by atoms with Gasteiger partial charge in [-0.15, -0.1) is 0 Å². The topological polar surface area (TPSA) is 135 Å². The van der Waals surface area contributed by atoms with Crippen LogP contribution in [-0.2, 0) is 13.8 Å². The van der Waals surface area contributed by atoms with Crippen molar-refractivity contribution in [1.82, 2.24) is 19.5 Å². The molecule has 4 unspecified atom stereocenters. The Bertz CT molecular complexity index is 788. The molecule has 1 fully saturated rings. The third-order valence-electron chi connectivity index (χ3n) is 3.95. The minimum absolute atomic E-state index is 0.0677. The van der Waals surface area contributed by atoms with E-state index in [-0.39, 0.29) is 24.1 Å². The minimum Gasteiger partial charge on any atom is -0.476 e. The largest absolute Gasteiger partial charge is 0.476 e. The molecule has 3 rings (SSSR count). The van der Waals surface area contributed by atoms with E-state index in [0.29, 0.717) is 12.1 Å². The lowest BCUT2D eigenvalue weighted by atomic mass is 9.98. The number of aliphatic hydroxyl groups excluding tert-OH is 1. The first-order valence-corrected chi connectivity index (χ1v) is 8.23. The molecule has 12 heteroatoms. The number of hydrogen-bond acceptors (Lipinski definition) is 9. The number of halogens is 1. The van der Waals surface area contributed by atoms with Crippen LogP contribution < -0.4 is 10.5 Å². The molecule has 1 saturated heterocycles. The predicted octanol–water partition coefficient (Wildman–Crippen LogP) is 1.02. The first kappa shape index (κ1) is 17.9. The Labute approximate surface area is 143 Å². The van der Waals surface area contributed by atoms with Gasteiger partial charge in [0.25, 0.3) is 0 Å². The summed E-state index contributed by atoms with van der Waals surface area (Å²) in [6, 6.07) is 0. The molecule has 10 nitrogen and oxygen atoms in total. The average molecular weight is 373 g/mol. The van der Waals surface area contributed by atoms with Crippen LogP contribution in [0.2, 0.25) is 0 Å². The van der Waals surface area contributed by atoms with E-state index in [0.717, 1.165) is 0 Å². The summed E-state index contributed by atoms with van der Waals surface area (Å²) in [6.45, 7) is 3.06. The molecule has 3 N–H and O–H groups in total. The summed E-state index contributed by atoms with van der Waals surface area (Å²) < 4.78 is 42.5. The first-order chi connectivity index (χ1) is 11.9. The summed E-state index contributed by atoms with van der Waals surface area (Å²) in [5, 5.41) is 10.2. The lowest BCUT2D eigenvalue weighted by Crippen LogP contribution is -2.40. The number of aliphatic hydroxyl groups is 1. The van der Waals surface area contributed by atoms with Crippen molar-refractivity contribution in [3.8, 4) is 5.88 Å². The van der Waals surface area contributed by atoms with E-state index < -0.39 is 32.8 Å². The third-order valence-corrected chi connectivity index (χ3v) is 4.20. The Hall–Kier alpha value is -1.94. The zero-order chi connectivity index (χ0) is 18.2. The van der Waals surface area contributed by atoms with Gasteiger partial charge in [-0.3, -0.25) is 9.09 Å². The molecule has 0 saturated carbocycles. The van der Waals surface area contributed by atoms with Crippen molar-refractivity contribution in [1.29, 1.82) is 0 Å². The standard InChI is InChI=1S/C13H17FN5O5P/c1-3-22-10-7-9(17-12(15)18-10)19(5-16-7)11-13(2,14)8(20)6(24-11)4-23-25-21/h5-6,8,11,20H,3-4H2,1-2H3,(H2,15,17,18). The molecule has 0 amide bonds. The number of hydrogen-bond donors (Lipinski definition) is 2. The van der Waals surface area contributed by atoms with Crippen LogP contribution in [0.25, 0.3) is 11.2 Å². The van der Waals surface area contributed by atoms with Crippen molar-refractivity contribution in [3.05, 3.63) is 6.33 Å². The highest BCUT2D eigenvalue weighted by Gasteiger charge is 2.55. The number of rotatable bonds is 6. The van der Waals surface area contributed by atoms with Crippen LogP contribution in [0.1, 0.15) is 20.1 Å². The highest BCUT2D eigenvalue weighted by molar-refractivity contribution is 7.17. The number of nitrogen functional groups attached to an aromatic ring is 1. The van der Waals surface area contributed by atoms with Gasteiger partial charge < -0.3 is 20.3 Å². The fourth-order valence-corrected chi connectivity index (χ4v) is 2.98. The molecule has 0 spiro atoms. The van der Waals surface area contributed by atoms with Crippen molar-refractivity contribution < 1.29 is 28.1 Å². The molecule has 3 heterocycles. The molecule has 2 aromatic heterocycles. The number of nitrogens with zero attached hydrogens (tertiary/aromatic N) is 4. The van der Waals surface area contributed by atoms with Crippen molar-refractivity contribution in [2.75, 3.05) is 18.9 Å². The summed E-state index contributed by atoms with van der Waals surface area (Å²) in [5.41, 5.74) is 4.02. The van der Waals surface area contributed by atoms with Crippen LogP contribution in [0, 0.1) is 0 Å². The first-order valence-electron chi connectivity index (χ1n) is 7.50. The average Bonchev–Trinajstić information content (AvgIpc) is 3.06. The van der Waals surface area contributed by atoms with Crippen LogP contribution in [0.4, 0.5) is 10.3 Å². The van der Waals surface area contributed by atoms with Gasteiger partial charge in [0.1, 0.15) is 12.2 Å². The summed E-state index contributed by atoms with van der Waals surface area (Å²) >= 11 is 0. The van der Waals surface area contributed by atoms with Gasteiger partial charge in [-0.2, -0.15) is 9.97 Å². The summed E-state index contributed by atoms with van der Waals surface area (Å²) in [6.07, 6.45) is -2.44. The van der Waals surface area contributed by atoms with Gasteiger partial charge in [-0.1, -0.05) is 0 Å². The van der Waals surface area contributed by atoms with Crippen molar-refractivity contribution in [2.45, 2.75) is 38.0 Å². The van der Waals surface area contributed by atoms with Gasteiger partial charge >= 0.3 is 8.69 Å². The fraction of sp³-hybridized carbons (Fsp3) is 0.615. The van der Waals surface area contributed by atoms with Crippen LogP contribution in [-0.4, -0.2) is 55.7 Å². The summed E-state index contributed by atoms with van der Waals surface area (Å²) in [4.78, 5) is 12.2. The molecule has 0 bridgehead atoms. The number of aromatic nitrogens is 4. The number of nitrogens with two attached hydrogens (primary N) is 1. The van der Waals surface area contributed by atoms with Gasteiger partial charge in [0.15, 0.2) is 23.1 Å². The van der Waals surface area contributed by atoms with E-state index >= 15 is 4.39 Å². The van der Waals surface area contributed by atoms with Gasteiger partial charge in [0.2, 0.25) is 11.8 Å². The molecular formula is C13H17FN5O5P. The molecule has 136 valence electrons. The van der Waals surface area contributed by atoms with E-state index in [1.165, 1.54) is 17.8 Å². The molecule has 1 aliphatic rings. The fourth-order valence-electron chi connectivity index (χ4n) is 2.77. The quantitative estimate of drug-likeness (QED) is 0.711. The monoisotopic (exact) mass is 373 g/mol. The number of ether oxygens (including phenoxy) is 2. The normalized spacial score (nSPS) is 29.5. The van der Waals surface area contributed by atoms with Crippen molar-refractivity contribution >= 4 is 25.8 Å². The molecule has 0 aromatic carbocycles. The molecule has 1 aliphatic heterocycles. The van der Waals surface area contributed by atoms with E-state index in [2.05, 4.69) is 19.5 Å². The third kappa shape index (κ3) is 3.04. The molecule has 4 atom stereocenters. The van der Waals surface area contributed by atoms with Crippen molar-refractivity contribution in [3.63, 3.8) is 0 Å². The second kappa shape index (κ2) is 6.75. The molecule has 2 aromatic rings. The summed E-state index contributed by atoms with van der Waals surface area (Å²) in [5.74, 6) is 0.106. The second-order valence-corrected chi connectivity index (χ2v) is 6.04. The van der Waals surface area contributed by atoms with E-state index in [1.54, 1.807) is 6.92 Å². The molecule has 0 radical (unpaired) electrons. The van der Waals surface area contributed by atoms with Gasteiger partial charge in [0.05, 0.1) is 19.5 Å². The predicted molar refractivity (Wildman–Crippen MR) is 83.9 cm³/mol. The number of anilines is 1. The Morgan fingerprint density at radius 1 is 1.56 bits per heavy atom. The van der Waals surface area contributed by atoms with Gasteiger partial charge in [0, 0.05) is 0 Å². The van der Waals surface area contributed by atoms with E-state index in [4.69, 9.17) is 15.2 Å². The molecule has 0 aliphatic carbocycles. The van der Waals surface area contributed by atoms with E-state index in [1.807, 2.05) is 0 Å². The van der Waals surface area contributed by atoms with Crippen LogP contribution >= 0.6 is 8.69 Å². The highest BCUT2D eigenvalue weighted by atomic mass is 31.1. The molecule has 25 heavy (non-hydrogen) atoms. The maximum absolute atomic E-state index is 15.1. The lowest BCUT2D eigenvalue weighted by molar-refractivity contribution is -0.0530. The minimum atomic E-state index is -2.17. The lowest BCUT2D eigenvalue weighted by Gasteiger charge is -2.24. The summed E-state index contributed by atoms with van der Waals surface area (Å²) in [7, 11) is -0.585.